The first-order valence-corrected chi connectivity index (χ1v) is 9.69. The van der Waals surface area contributed by atoms with Crippen molar-refractivity contribution in [3.63, 3.8) is 0 Å². The summed E-state index contributed by atoms with van der Waals surface area (Å²) in [5.74, 6) is 3.32. The standard InChI is InChI=1S/C21H25N5/c1-14-23-19(11-20(24-14)26-8-2-3-9-26)25-18-10-15(4-5-16(18)13-22)17-12-21(17)6-7-21/h4-5,10-11,13,17,22H,2-3,6-9,12H2,1H3,(H,23,24,25). The lowest BCUT2D eigenvalue weighted by Gasteiger charge is -2.18. The number of anilines is 3. The van der Waals surface area contributed by atoms with Crippen LogP contribution < -0.4 is 10.2 Å². The lowest BCUT2D eigenvalue weighted by atomic mass is 10.0. The Morgan fingerprint density at radius 2 is 2.00 bits per heavy atom. The van der Waals surface area contributed by atoms with Gasteiger partial charge in [-0.15, -0.1) is 0 Å². The minimum Gasteiger partial charge on any atom is -0.356 e. The minimum atomic E-state index is 0.637. The Morgan fingerprint density at radius 1 is 1.19 bits per heavy atom. The largest absolute Gasteiger partial charge is 0.356 e. The Kier molecular flexibility index (Phi) is 3.52. The van der Waals surface area contributed by atoms with Crippen molar-refractivity contribution in [2.75, 3.05) is 23.3 Å². The maximum atomic E-state index is 7.75. The van der Waals surface area contributed by atoms with Crippen molar-refractivity contribution in [2.45, 2.75) is 44.9 Å². The van der Waals surface area contributed by atoms with Crippen LogP contribution in [0.2, 0.25) is 0 Å². The van der Waals surface area contributed by atoms with Gasteiger partial charge in [0.05, 0.1) is 0 Å². The summed E-state index contributed by atoms with van der Waals surface area (Å²) in [4.78, 5) is 11.5. The van der Waals surface area contributed by atoms with Gasteiger partial charge in [-0.1, -0.05) is 12.1 Å². The Hall–Kier alpha value is -2.43. The molecule has 2 saturated carbocycles. The molecule has 26 heavy (non-hydrogen) atoms. The zero-order valence-electron chi connectivity index (χ0n) is 15.3. The average Bonchev–Trinajstić information content (AvgIpc) is 3.50. The second kappa shape index (κ2) is 5.79. The Morgan fingerprint density at radius 3 is 2.69 bits per heavy atom. The fraction of sp³-hybridized carbons (Fsp3) is 0.476. The molecule has 3 fully saturated rings. The smallest absolute Gasteiger partial charge is 0.136 e. The van der Waals surface area contributed by atoms with Crippen LogP contribution in [0.15, 0.2) is 24.3 Å². The molecule has 2 aliphatic carbocycles. The minimum absolute atomic E-state index is 0.637. The average molecular weight is 347 g/mol. The van der Waals surface area contributed by atoms with E-state index in [4.69, 9.17) is 5.41 Å². The molecular weight excluding hydrogens is 322 g/mol. The summed E-state index contributed by atoms with van der Waals surface area (Å²) in [6.45, 7) is 4.08. The predicted molar refractivity (Wildman–Crippen MR) is 105 cm³/mol. The van der Waals surface area contributed by atoms with Gasteiger partial charge in [-0.2, -0.15) is 0 Å². The van der Waals surface area contributed by atoms with Crippen molar-refractivity contribution >= 4 is 23.5 Å². The van der Waals surface area contributed by atoms with E-state index in [2.05, 4.69) is 38.4 Å². The second-order valence-electron chi connectivity index (χ2n) is 8.09. The van der Waals surface area contributed by atoms with E-state index < -0.39 is 0 Å². The van der Waals surface area contributed by atoms with Crippen LogP contribution in [0, 0.1) is 17.7 Å². The lowest BCUT2D eigenvalue weighted by Crippen LogP contribution is -2.19. The van der Waals surface area contributed by atoms with E-state index in [0.717, 1.165) is 47.7 Å². The molecule has 1 aliphatic heterocycles. The molecule has 1 spiro atoms. The van der Waals surface area contributed by atoms with Crippen molar-refractivity contribution in [3.8, 4) is 0 Å². The fourth-order valence-electron chi connectivity index (χ4n) is 4.42. The predicted octanol–water partition coefficient (Wildman–Crippen LogP) is 4.39. The number of aryl methyl sites for hydroxylation is 1. The molecule has 5 heteroatoms. The topological polar surface area (TPSA) is 64.9 Å². The summed E-state index contributed by atoms with van der Waals surface area (Å²) in [6.07, 6.45) is 7.99. The van der Waals surface area contributed by atoms with E-state index >= 15 is 0 Å². The molecule has 1 atom stereocenters. The normalized spacial score (nSPS) is 22.5. The molecule has 1 unspecified atom stereocenters. The zero-order chi connectivity index (χ0) is 17.7. The zero-order valence-corrected chi connectivity index (χ0v) is 15.3. The summed E-state index contributed by atoms with van der Waals surface area (Å²) < 4.78 is 0. The first-order valence-electron chi connectivity index (χ1n) is 9.69. The van der Waals surface area contributed by atoms with Crippen LogP contribution >= 0.6 is 0 Å². The Balaban J connectivity index is 1.44. The van der Waals surface area contributed by atoms with Gasteiger partial charge < -0.3 is 15.6 Å². The number of rotatable bonds is 5. The molecule has 1 saturated heterocycles. The molecule has 5 nitrogen and oxygen atoms in total. The monoisotopic (exact) mass is 347 g/mol. The maximum absolute atomic E-state index is 7.75. The molecule has 0 radical (unpaired) electrons. The first-order chi connectivity index (χ1) is 12.7. The van der Waals surface area contributed by atoms with E-state index in [1.165, 1.54) is 43.9 Å². The van der Waals surface area contributed by atoms with Crippen molar-refractivity contribution in [2.24, 2.45) is 5.41 Å². The maximum Gasteiger partial charge on any atom is 0.136 e. The van der Waals surface area contributed by atoms with Crippen LogP contribution in [-0.2, 0) is 0 Å². The lowest BCUT2D eigenvalue weighted by molar-refractivity contribution is 0.840. The Labute approximate surface area is 154 Å². The summed E-state index contributed by atoms with van der Waals surface area (Å²) in [7, 11) is 0. The summed E-state index contributed by atoms with van der Waals surface area (Å²) in [5.41, 5.74) is 3.92. The molecule has 5 rings (SSSR count). The third-order valence-corrected chi connectivity index (χ3v) is 6.23. The summed E-state index contributed by atoms with van der Waals surface area (Å²) in [5, 5.41) is 11.2. The van der Waals surface area contributed by atoms with Gasteiger partial charge in [0.25, 0.3) is 0 Å². The van der Waals surface area contributed by atoms with E-state index in [-0.39, 0.29) is 0 Å². The fourth-order valence-corrected chi connectivity index (χ4v) is 4.42. The Bertz CT molecular complexity index is 865. The van der Waals surface area contributed by atoms with E-state index in [9.17, 15) is 0 Å². The SMILES string of the molecule is Cc1nc(Nc2cc(C3CC34CC4)ccc2C=N)cc(N2CCCC2)n1. The van der Waals surface area contributed by atoms with Crippen molar-refractivity contribution in [1.82, 2.24) is 9.97 Å². The molecule has 3 aliphatic rings. The highest BCUT2D eigenvalue weighted by atomic mass is 15.2. The van der Waals surface area contributed by atoms with Crippen LogP contribution in [0.25, 0.3) is 0 Å². The molecule has 2 heterocycles. The summed E-state index contributed by atoms with van der Waals surface area (Å²) >= 11 is 0. The molecule has 0 bridgehead atoms. The molecule has 1 aromatic carbocycles. The third kappa shape index (κ3) is 2.75. The number of nitrogens with zero attached hydrogens (tertiary/aromatic N) is 3. The number of nitrogens with one attached hydrogen (secondary N) is 2. The van der Waals surface area contributed by atoms with Gasteiger partial charge >= 0.3 is 0 Å². The van der Waals surface area contributed by atoms with Crippen LogP contribution in [0.4, 0.5) is 17.3 Å². The molecule has 2 aromatic rings. The van der Waals surface area contributed by atoms with Crippen molar-refractivity contribution in [1.29, 1.82) is 5.41 Å². The van der Waals surface area contributed by atoms with E-state index in [1.807, 2.05) is 13.0 Å². The van der Waals surface area contributed by atoms with Gasteiger partial charge in [0, 0.05) is 36.6 Å². The van der Waals surface area contributed by atoms with Crippen molar-refractivity contribution in [3.05, 3.63) is 41.2 Å². The van der Waals surface area contributed by atoms with E-state index in [1.54, 1.807) is 0 Å². The van der Waals surface area contributed by atoms with Gasteiger partial charge in [0.1, 0.15) is 17.5 Å². The van der Waals surface area contributed by atoms with E-state index in [0.29, 0.717) is 5.41 Å². The van der Waals surface area contributed by atoms with Crippen LogP contribution in [0.3, 0.4) is 0 Å². The molecular formula is C21H25N5. The summed E-state index contributed by atoms with van der Waals surface area (Å²) in [6, 6.07) is 8.53. The highest BCUT2D eigenvalue weighted by Gasteiger charge is 2.62. The highest BCUT2D eigenvalue weighted by Crippen LogP contribution is 2.75. The number of benzene rings is 1. The molecule has 134 valence electrons. The van der Waals surface area contributed by atoms with Crippen LogP contribution in [-0.4, -0.2) is 29.3 Å². The number of hydrogen-bond donors (Lipinski definition) is 2. The number of aromatic nitrogens is 2. The van der Waals surface area contributed by atoms with Gasteiger partial charge in [-0.05, 0) is 62.0 Å². The van der Waals surface area contributed by atoms with Gasteiger partial charge in [0.2, 0.25) is 0 Å². The van der Waals surface area contributed by atoms with Crippen LogP contribution in [0.5, 0.6) is 0 Å². The van der Waals surface area contributed by atoms with Gasteiger partial charge in [-0.3, -0.25) is 0 Å². The quantitative estimate of drug-likeness (QED) is 0.787. The number of hydrogen-bond acceptors (Lipinski definition) is 5. The highest BCUT2D eigenvalue weighted by molar-refractivity contribution is 5.87. The van der Waals surface area contributed by atoms with Crippen LogP contribution in [0.1, 0.15) is 55.0 Å². The molecule has 2 N–H and O–H groups in total. The first kappa shape index (κ1) is 15.8. The third-order valence-electron chi connectivity index (χ3n) is 6.23. The second-order valence-corrected chi connectivity index (χ2v) is 8.09. The molecule has 1 aromatic heterocycles. The van der Waals surface area contributed by atoms with Gasteiger partial charge in [-0.25, -0.2) is 9.97 Å². The van der Waals surface area contributed by atoms with Gasteiger partial charge in [0.15, 0.2) is 0 Å². The van der Waals surface area contributed by atoms with Crippen molar-refractivity contribution < 1.29 is 0 Å². The molecule has 0 amide bonds.